The Balaban J connectivity index is 1.62. The van der Waals surface area contributed by atoms with E-state index in [1.54, 1.807) is 12.1 Å². The zero-order chi connectivity index (χ0) is 20.9. The van der Waals surface area contributed by atoms with Crippen LogP contribution >= 0.6 is 11.6 Å². The van der Waals surface area contributed by atoms with Gasteiger partial charge in [-0.05, 0) is 18.2 Å². The number of carbonyl (C=O) groups excluding carboxylic acids is 1. The van der Waals surface area contributed by atoms with Crippen molar-refractivity contribution < 1.29 is 32.4 Å². The van der Waals surface area contributed by atoms with Crippen LogP contribution < -0.4 is 25.7 Å². The summed E-state index contributed by atoms with van der Waals surface area (Å²) in [4.78, 5) is 17.8. The second-order valence-electron chi connectivity index (χ2n) is 6.07. The van der Waals surface area contributed by atoms with Crippen molar-refractivity contribution in [1.82, 2.24) is 10.3 Å². The van der Waals surface area contributed by atoms with Crippen molar-refractivity contribution in [3.05, 3.63) is 41.3 Å². The van der Waals surface area contributed by atoms with Crippen LogP contribution in [0.5, 0.6) is 5.75 Å². The van der Waals surface area contributed by atoms with Crippen LogP contribution in [-0.2, 0) is 10.9 Å². The number of carbonyl (C=O) groups is 1. The summed E-state index contributed by atoms with van der Waals surface area (Å²) in [6, 6.07) is 3.98. The van der Waals surface area contributed by atoms with E-state index in [-0.39, 0.29) is 18.5 Å². The number of nitrogens with zero attached hydrogens (tertiary/aromatic N) is 1. The summed E-state index contributed by atoms with van der Waals surface area (Å²) >= 11 is 5.98. The van der Waals surface area contributed by atoms with Crippen molar-refractivity contribution in [2.24, 2.45) is 0 Å². The number of aromatic amines is 1. The summed E-state index contributed by atoms with van der Waals surface area (Å²) < 4.78 is 48.9. The van der Waals surface area contributed by atoms with Crippen molar-refractivity contribution in [1.29, 1.82) is 0 Å². The molecule has 0 unspecified atom stereocenters. The van der Waals surface area contributed by atoms with Crippen LogP contribution in [0.15, 0.2) is 30.6 Å². The van der Waals surface area contributed by atoms with Gasteiger partial charge < -0.3 is 14.8 Å². The van der Waals surface area contributed by atoms with Gasteiger partial charge in [-0.25, -0.2) is 14.8 Å². The van der Waals surface area contributed by atoms with Gasteiger partial charge in [0.25, 0.3) is 5.82 Å². The number of rotatable bonds is 5. The number of nitrogens with one attached hydrogen (secondary N) is 4. The van der Waals surface area contributed by atoms with Crippen LogP contribution in [0, 0.1) is 0 Å². The average Bonchev–Trinajstić information content (AvgIpc) is 2.68. The molecule has 1 aliphatic heterocycles. The van der Waals surface area contributed by atoms with E-state index in [0.29, 0.717) is 35.8 Å². The first kappa shape index (κ1) is 21.1. The number of alkyl halides is 3. The van der Waals surface area contributed by atoms with Crippen LogP contribution in [0.1, 0.15) is 5.69 Å². The number of aromatic nitrogens is 2. The van der Waals surface area contributed by atoms with E-state index in [1.807, 2.05) is 0 Å². The third kappa shape index (κ3) is 6.17. The van der Waals surface area contributed by atoms with Crippen molar-refractivity contribution >= 4 is 29.1 Å². The Morgan fingerprint density at radius 1 is 1.41 bits per heavy atom. The highest BCUT2D eigenvalue weighted by molar-refractivity contribution is 6.31. The van der Waals surface area contributed by atoms with E-state index in [4.69, 9.17) is 21.1 Å². The smallest absolute Gasteiger partial charge is 0.436 e. The maximum Gasteiger partial charge on any atom is 0.436 e. The number of amides is 2. The van der Waals surface area contributed by atoms with Crippen LogP contribution in [0.2, 0.25) is 5.02 Å². The lowest BCUT2D eigenvalue weighted by Crippen LogP contribution is -2.41. The lowest BCUT2D eigenvalue weighted by molar-refractivity contribution is -0.365. The van der Waals surface area contributed by atoms with E-state index in [0.717, 1.165) is 12.7 Å². The highest BCUT2D eigenvalue weighted by Gasteiger charge is 2.34. The average molecular weight is 433 g/mol. The van der Waals surface area contributed by atoms with Gasteiger partial charge in [0.1, 0.15) is 30.9 Å². The summed E-state index contributed by atoms with van der Waals surface area (Å²) in [5.41, 5.74) is -0.813. The molecular weight excluding hydrogens is 415 g/mol. The minimum absolute atomic E-state index is 0.0262. The van der Waals surface area contributed by atoms with Gasteiger partial charge in [0, 0.05) is 18.1 Å². The zero-order valence-electron chi connectivity index (χ0n) is 15.0. The molecule has 1 aliphatic rings. The molecule has 29 heavy (non-hydrogen) atoms. The molecule has 156 valence electrons. The molecule has 12 heteroatoms. The van der Waals surface area contributed by atoms with Crippen LogP contribution in [0.25, 0.3) is 0 Å². The normalized spacial score (nSPS) is 16.9. The number of urea groups is 1. The molecule has 1 fully saturated rings. The third-order valence-electron chi connectivity index (χ3n) is 3.85. The summed E-state index contributed by atoms with van der Waals surface area (Å²) in [6.45, 7) is 2.27. The molecule has 8 nitrogen and oxygen atoms in total. The molecule has 0 bridgehead atoms. The van der Waals surface area contributed by atoms with E-state index in [2.05, 4.69) is 25.9 Å². The minimum atomic E-state index is -4.58. The number of hydrogen-bond donors (Lipinski definition) is 3. The quantitative estimate of drug-likeness (QED) is 0.674. The van der Waals surface area contributed by atoms with Gasteiger partial charge in [-0.1, -0.05) is 11.6 Å². The summed E-state index contributed by atoms with van der Waals surface area (Å²) in [6.07, 6.45) is -3.19. The van der Waals surface area contributed by atoms with Gasteiger partial charge in [-0.15, -0.1) is 0 Å². The van der Waals surface area contributed by atoms with Gasteiger partial charge in [-0.3, -0.25) is 5.32 Å². The summed E-state index contributed by atoms with van der Waals surface area (Å²) in [7, 11) is 0. The fraction of sp³-hybridized carbons (Fsp3) is 0.353. The number of benzene rings is 1. The van der Waals surface area contributed by atoms with E-state index >= 15 is 0 Å². The predicted molar refractivity (Wildman–Crippen MR) is 98.0 cm³/mol. The molecule has 0 spiro atoms. The Kier molecular flexibility index (Phi) is 6.72. The number of halogens is 4. The molecule has 4 N–H and O–H groups in total. The highest BCUT2D eigenvalue weighted by atomic mass is 35.5. The van der Waals surface area contributed by atoms with Crippen molar-refractivity contribution in [2.45, 2.75) is 12.3 Å². The van der Waals surface area contributed by atoms with Gasteiger partial charge in [0.15, 0.2) is 5.69 Å². The molecule has 2 aromatic rings. The number of hydrogen-bond acceptors (Lipinski definition) is 5. The fourth-order valence-corrected chi connectivity index (χ4v) is 2.66. The Bertz CT molecular complexity index is 845. The molecule has 1 atom stereocenters. The van der Waals surface area contributed by atoms with Gasteiger partial charge >= 0.3 is 12.2 Å². The van der Waals surface area contributed by atoms with Gasteiger partial charge in [0.2, 0.25) is 0 Å². The molecule has 0 aliphatic carbocycles. The SMILES string of the molecule is O=C(Nc1cnc(C(F)(F)F)c[nH+]1)Nc1cc(Cl)ccc1OC[C@@H]1CNCCO1. The number of ether oxygens (including phenoxy) is 2. The van der Waals surface area contributed by atoms with Gasteiger partial charge in [-0.2, -0.15) is 18.5 Å². The molecule has 3 rings (SSSR count). The van der Waals surface area contributed by atoms with E-state index in [9.17, 15) is 18.0 Å². The Labute approximate surface area is 168 Å². The molecule has 0 radical (unpaired) electrons. The van der Waals surface area contributed by atoms with E-state index in [1.165, 1.54) is 6.07 Å². The number of H-pyrrole nitrogens is 1. The molecule has 2 heterocycles. The Hall–Kier alpha value is -2.63. The van der Waals surface area contributed by atoms with Crippen molar-refractivity contribution in [2.75, 3.05) is 36.9 Å². The molecular formula is C17H18ClF3N5O3+. The first-order chi connectivity index (χ1) is 13.8. The fourth-order valence-electron chi connectivity index (χ4n) is 2.49. The van der Waals surface area contributed by atoms with Crippen LogP contribution in [0.4, 0.5) is 29.5 Å². The first-order valence-corrected chi connectivity index (χ1v) is 8.96. The molecule has 1 saturated heterocycles. The lowest BCUT2D eigenvalue weighted by Gasteiger charge is -2.24. The topological polar surface area (TPSA) is 98.7 Å². The standard InChI is InChI=1S/C17H17ClF3N5O3/c18-10-1-2-13(29-9-11-6-22-3-4-28-11)12(5-10)25-16(27)26-15-8-23-14(7-24-15)17(19,20)21/h1-2,5,7-8,11,22H,3-4,6,9H2,(H2,24,25,26,27)/p+1/t11-/m0/s1. The molecule has 1 aromatic heterocycles. The zero-order valence-corrected chi connectivity index (χ0v) is 15.7. The van der Waals surface area contributed by atoms with Crippen molar-refractivity contribution in [3.8, 4) is 5.75 Å². The molecule has 1 aromatic carbocycles. The summed E-state index contributed by atoms with van der Waals surface area (Å²) in [5.74, 6) is 0.343. The second kappa shape index (κ2) is 9.25. The monoisotopic (exact) mass is 432 g/mol. The maximum absolute atomic E-state index is 12.5. The predicted octanol–water partition coefficient (Wildman–Crippen LogP) is 2.58. The van der Waals surface area contributed by atoms with Crippen LogP contribution in [0.3, 0.4) is 0 Å². The van der Waals surface area contributed by atoms with E-state index < -0.39 is 17.9 Å². The maximum atomic E-state index is 12.5. The highest BCUT2D eigenvalue weighted by Crippen LogP contribution is 2.29. The lowest BCUT2D eigenvalue weighted by atomic mass is 10.3. The van der Waals surface area contributed by atoms with Crippen LogP contribution in [-0.4, -0.2) is 43.4 Å². The Morgan fingerprint density at radius 3 is 2.90 bits per heavy atom. The van der Waals surface area contributed by atoms with Crippen molar-refractivity contribution in [3.63, 3.8) is 0 Å². The minimum Gasteiger partial charge on any atom is -0.489 e. The molecule has 0 saturated carbocycles. The first-order valence-electron chi connectivity index (χ1n) is 8.59. The Morgan fingerprint density at radius 2 is 2.24 bits per heavy atom. The number of anilines is 2. The number of morpholine rings is 1. The summed E-state index contributed by atoms with van der Waals surface area (Å²) in [5, 5.41) is 8.45. The third-order valence-corrected chi connectivity index (χ3v) is 4.09. The van der Waals surface area contributed by atoms with Gasteiger partial charge in [0.05, 0.1) is 12.3 Å². The largest absolute Gasteiger partial charge is 0.489 e. The molecule has 2 amide bonds. The second-order valence-corrected chi connectivity index (χ2v) is 6.51.